The van der Waals surface area contributed by atoms with Gasteiger partial charge in [0.2, 0.25) is 0 Å². The zero-order chi connectivity index (χ0) is 15.2. The highest BCUT2D eigenvalue weighted by molar-refractivity contribution is 8.14. The van der Waals surface area contributed by atoms with Crippen LogP contribution in [0.1, 0.15) is 0 Å². The fraction of sp³-hybridized carbons (Fsp3) is 1.00. The minimum Gasteiger partial charge on any atom is -0.242 e. The highest BCUT2D eigenvalue weighted by Crippen LogP contribution is 2.48. The number of hydrogen-bond donors (Lipinski definition) is 0. The monoisotopic (exact) mass is 334 g/mol. The van der Waals surface area contributed by atoms with E-state index in [0.29, 0.717) is 0 Å². The molecule has 0 aliphatic rings. The fourth-order valence-corrected chi connectivity index (χ4v) is 1.02. The molecule has 0 aromatic heterocycles. The average Bonchev–Trinajstić information content (AvgIpc) is 1.96. The molecule has 18 heavy (non-hydrogen) atoms. The van der Waals surface area contributed by atoms with Crippen molar-refractivity contribution >= 4 is 19.7 Å². The Morgan fingerprint density at radius 2 is 1.11 bits per heavy atom. The minimum atomic E-state index is -6.76. The van der Waals surface area contributed by atoms with Gasteiger partial charge in [-0.15, -0.1) is 0 Å². The molecule has 0 bridgehead atoms. The zero-order valence-corrected chi connectivity index (χ0v) is 8.99. The molecular weight excluding hydrogens is 335 g/mol. The summed E-state index contributed by atoms with van der Waals surface area (Å²) in [7, 11) is -2.73. The van der Waals surface area contributed by atoms with Gasteiger partial charge in [-0.1, -0.05) is 0 Å². The van der Waals surface area contributed by atoms with E-state index in [1.807, 2.05) is 0 Å². The summed E-state index contributed by atoms with van der Waals surface area (Å²) < 4.78 is 129. The summed E-state index contributed by atoms with van der Waals surface area (Å²) >= 11 is 0. The van der Waals surface area contributed by atoms with Gasteiger partial charge < -0.3 is 0 Å². The molecule has 0 aromatic rings. The van der Waals surface area contributed by atoms with Crippen molar-refractivity contribution in [2.45, 2.75) is 23.6 Å². The molecule has 0 N–H and O–H groups in total. The largest absolute Gasteiger partial charge is 0.483 e. The Bertz CT molecular complexity index is 412. The van der Waals surface area contributed by atoms with Gasteiger partial charge in [0.15, 0.2) is 0 Å². The standard InChI is InChI=1S/C4ClF9O3S/c5-18(15,16)4(13,14)3(11,12)17-2(9,10)1(6,7)8. The van der Waals surface area contributed by atoms with Crippen LogP contribution in [0.4, 0.5) is 39.5 Å². The SMILES string of the molecule is O=S(=O)(Cl)C(F)(F)C(F)(F)OC(F)(F)C(F)(F)F. The number of halogens is 10. The smallest absolute Gasteiger partial charge is 0.242 e. The van der Waals surface area contributed by atoms with Crippen molar-refractivity contribution in [2.75, 3.05) is 0 Å². The maximum atomic E-state index is 12.3. The number of alkyl halides is 9. The van der Waals surface area contributed by atoms with Crippen molar-refractivity contribution in [3.63, 3.8) is 0 Å². The fourth-order valence-electron chi connectivity index (χ4n) is 0.420. The van der Waals surface area contributed by atoms with Crippen LogP contribution < -0.4 is 0 Å². The van der Waals surface area contributed by atoms with E-state index in [9.17, 15) is 47.9 Å². The molecule has 3 nitrogen and oxygen atoms in total. The molecule has 0 aliphatic heterocycles. The van der Waals surface area contributed by atoms with Crippen LogP contribution in [-0.2, 0) is 13.8 Å². The van der Waals surface area contributed by atoms with Gasteiger partial charge in [-0.05, 0) is 0 Å². The summed E-state index contributed by atoms with van der Waals surface area (Å²) in [6.07, 6.45) is -20.2. The van der Waals surface area contributed by atoms with E-state index in [0.717, 1.165) is 0 Å². The van der Waals surface area contributed by atoms with Crippen LogP contribution in [0.15, 0.2) is 0 Å². The van der Waals surface area contributed by atoms with Gasteiger partial charge in [0.1, 0.15) is 0 Å². The lowest BCUT2D eigenvalue weighted by Crippen LogP contribution is -2.54. The molecule has 0 saturated heterocycles. The van der Waals surface area contributed by atoms with Gasteiger partial charge >= 0.3 is 32.7 Å². The predicted molar refractivity (Wildman–Crippen MR) is 36.8 cm³/mol. The molecule has 0 aromatic carbocycles. The maximum Gasteiger partial charge on any atom is 0.483 e. The first-order chi connectivity index (χ1) is 7.46. The van der Waals surface area contributed by atoms with Gasteiger partial charge in [-0.25, -0.2) is 13.2 Å². The molecule has 0 saturated carbocycles. The average molecular weight is 335 g/mol. The van der Waals surface area contributed by atoms with Crippen molar-refractivity contribution in [2.24, 2.45) is 0 Å². The first-order valence-corrected chi connectivity index (χ1v) is 5.61. The Labute approximate surface area is 96.9 Å². The Morgan fingerprint density at radius 1 is 0.778 bits per heavy atom. The van der Waals surface area contributed by atoms with Crippen molar-refractivity contribution in [3.05, 3.63) is 0 Å². The van der Waals surface area contributed by atoms with Gasteiger partial charge in [0.05, 0.1) is 0 Å². The van der Waals surface area contributed by atoms with E-state index in [2.05, 4.69) is 10.7 Å². The predicted octanol–water partition coefficient (Wildman–Crippen LogP) is 2.91. The molecule has 0 fully saturated rings. The molecule has 0 amide bonds. The van der Waals surface area contributed by atoms with E-state index in [1.54, 1.807) is 4.74 Å². The second kappa shape index (κ2) is 4.30. The molecule has 0 heterocycles. The van der Waals surface area contributed by atoms with E-state index >= 15 is 0 Å². The summed E-state index contributed by atoms with van der Waals surface area (Å²) in [5.41, 5.74) is 0. The molecule has 0 rings (SSSR count). The summed E-state index contributed by atoms with van der Waals surface area (Å²) in [4.78, 5) is 0. The molecule has 0 atom stereocenters. The lowest BCUT2D eigenvalue weighted by atomic mass is 10.5. The Morgan fingerprint density at radius 3 is 1.33 bits per heavy atom. The van der Waals surface area contributed by atoms with Crippen molar-refractivity contribution in [3.8, 4) is 0 Å². The van der Waals surface area contributed by atoms with Gasteiger partial charge in [-0.3, -0.25) is 0 Å². The van der Waals surface area contributed by atoms with Crippen molar-refractivity contribution in [1.29, 1.82) is 0 Å². The van der Waals surface area contributed by atoms with Crippen molar-refractivity contribution in [1.82, 2.24) is 0 Å². The molecule has 0 aliphatic carbocycles. The molecular formula is C4ClF9O3S. The first kappa shape index (κ1) is 17.6. The topological polar surface area (TPSA) is 43.4 Å². The number of hydrogen-bond acceptors (Lipinski definition) is 3. The van der Waals surface area contributed by atoms with Crippen molar-refractivity contribution < 1.29 is 52.7 Å². The third-order valence-corrected chi connectivity index (χ3v) is 2.66. The summed E-state index contributed by atoms with van der Waals surface area (Å²) in [6, 6.07) is 0. The highest BCUT2D eigenvalue weighted by Gasteiger charge is 2.74. The minimum absolute atomic E-state index is 1.58. The molecule has 0 unspecified atom stereocenters. The number of rotatable bonds is 4. The summed E-state index contributed by atoms with van der Waals surface area (Å²) in [5, 5.41) is -6.49. The third-order valence-electron chi connectivity index (χ3n) is 1.23. The normalized spacial score (nSPS) is 15.9. The third kappa shape index (κ3) is 3.12. The molecule has 14 heteroatoms. The van der Waals surface area contributed by atoms with E-state index < -0.39 is 32.7 Å². The zero-order valence-electron chi connectivity index (χ0n) is 7.41. The lowest BCUT2D eigenvalue weighted by Gasteiger charge is -2.28. The Kier molecular flexibility index (Phi) is 4.20. The number of ether oxygens (including phenoxy) is 1. The van der Waals surface area contributed by atoms with Crippen LogP contribution in [0.3, 0.4) is 0 Å². The van der Waals surface area contributed by atoms with E-state index in [1.165, 1.54) is 0 Å². The van der Waals surface area contributed by atoms with E-state index in [-0.39, 0.29) is 0 Å². The van der Waals surface area contributed by atoms with Crippen LogP contribution >= 0.6 is 10.7 Å². The van der Waals surface area contributed by atoms with Crippen LogP contribution in [0.25, 0.3) is 0 Å². The van der Waals surface area contributed by atoms with Gasteiger partial charge in [0, 0.05) is 10.7 Å². The Hall–Kier alpha value is -0.430. The first-order valence-electron chi connectivity index (χ1n) is 3.30. The van der Waals surface area contributed by atoms with Crippen LogP contribution in [0.2, 0.25) is 0 Å². The highest BCUT2D eigenvalue weighted by atomic mass is 35.7. The molecule has 0 radical (unpaired) electrons. The second-order valence-corrected chi connectivity index (χ2v) is 5.20. The molecule has 0 spiro atoms. The molecule has 110 valence electrons. The van der Waals surface area contributed by atoms with Gasteiger partial charge in [-0.2, -0.15) is 39.5 Å². The van der Waals surface area contributed by atoms with E-state index in [4.69, 9.17) is 0 Å². The van der Waals surface area contributed by atoms with Gasteiger partial charge in [0.25, 0.3) is 0 Å². The quantitative estimate of drug-likeness (QED) is 0.586. The summed E-state index contributed by atoms with van der Waals surface area (Å²) in [6.45, 7) is 0. The summed E-state index contributed by atoms with van der Waals surface area (Å²) in [5.74, 6) is 0. The van der Waals surface area contributed by atoms with Crippen LogP contribution in [0.5, 0.6) is 0 Å². The Balaban J connectivity index is 5.47. The van der Waals surface area contributed by atoms with Crippen LogP contribution in [-0.4, -0.2) is 32.1 Å². The lowest BCUT2D eigenvalue weighted by molar-refractivity contribution is -0.476. The second-order valence-electron chi connectivity index (χ2n) is 2.59. The maximum absolute atomic E-state index is 12.3. The van der Waals surface area contributed by atoms with Crippen LogP contribution in [0, 0.1) is 0 Å².